The molecule has 0 bridgehead atoms. The van der Waals surface area contributed by atoms with Gasteiger partial charge in [0.25, 0.3) is 0 Å². The molecule has 4 heterocycles. The number of hydrogen-bond acceptors (Lipinski definition) is 0. The fourth-order valence-electron chi connectivity index (χ4n) is 10.3. The van der Waals surface area contributed by atoms with E-state index in [4.69, 9.17) is 0 Å². The van der Waals surface area contributed by atoms with E-state index in [0.717, 1.165) is 11.4 Å². The van der Waals surface area contributed by atoms with Crippen LogP contribution in [-0.2, 0) is 14.1 Å². The zero-order valence-electron chi connectivity index (χ0n) is 33.3. The normalized spacial score (nSPS) is 12.2. The molecule has 0 unspecified atom stereocenters. The van der Waals surface area contributed by atoms with Crippen molar-refractivity contribution in [2.75, 3.05) is 0 Å². The minimum Gasteiger partial charge on any atom is -0.344 e. The summed E-state index contributed by atoms with van der Waals surface area (Å²) in [5.74, 6) is 0. The topological polar surface area (TPSA) is 19.7 Å². The Morgan fingerprint density at radius 1 is 0.233 bits per heavy atom. The number of nitrogens with zero attached hydrogens (tertiary/aromatic N) is 4. The van der Waals surface area contributed by atoms with Crippen LogP contribution in [0.1, 0.15) is 0 Å². The minimum atomic E-state index is 1.16. The smallest absolute Gasteiger partial charge is 0.0547 e. The molecule has 4 aromatic heterocycles. The molecule has 9 aromatic carbocycles. The van der Waals surface area contributed by atoms with Gasteiger partial charge < -0.3 is 18.3 Å². The Hall–Kier alpha value is -7.82. The molecule has 0 N–H and O–H groups in total. The summed E-state index contributed by atoms with van der Waals surface area (Å²) in [4.78, 5) is 0. The monoisotopic (exact) mass is 766 g/mol. The summed E-state index contributed by atoms with van der Waals surface area (Å²) in [6.07, 6.45) is 0. The zero-order chi connectivity index (χ0) is 39.6. The van der Waals surface area contributed by atoms with Crippen molar-refractivity contribution in [1.82, 2.24) is 18.3 Å². The zero-order valence-corrected chi connectivity index (χ0v) is 33.3. The van der Waals surface area contributed by atoms with Crippen LogP contribution < -0.4 is 0 Å². The first kappa shape index (κ1) is 33.2. The van der Waals surface area contributed by atoms with Crippen LogP contribution in [0.3, 0.4) is 0 Å². The SMILES string of the molecule is Cn1c2ccccc2c2cc(-c3ccc4c(c3)c3cc(-c5ccc6c7ccccc7n(-c7ccc8c(c7)c7ccccc7n8C)c6c5)ccc3n4-c3ccccc3)ccc21. The van der Waals surface area contributed by atoms with Gasteiger partial charge in [-0.05, 0) is 113 Å². The summed E-state index contributed by atoms with van der Waals surface area (Å²) in [5, 5.41) is 10.1. The Labute approximate surface area is 346 Å². The van der Waals surface area contributed by atoms with E-state index >= 15 is 0 Å². The molecule has 0 saturated heterocycles. The van der Waals surface area contributed by atoms with Gasteiger partial charge in [-0.1, -0.05) is 103 Å². The lowest BCUT2D eigenvalue weighted by atomic mass is 9.98. The molecule has 0 atom stereocenters. The molecule has 4 heteroatoms. The van der Waals surface area contributed by atoms with Gasteiger partial charge in [-0.3, -0.25) is 0 Å². The van der Waals surface area contributed by atoms with Gasteiger partial charge in [0.1, 0.15) is 0 Å². The lowest BCUT2D eigenvalue weighted by Crippen LogP contribution is -1.94. The summed E-state index contributed by atoms with van der Waals surface area (Å²) in [6.45, 7) is 0. The second-order valence-corrected chi connectivity index (χ2v) is 16.3. The van der Waals surface area contributed by atoms with Crippen molar-refractivity contribution < 1.29 is 0 Å². The predicted octanol–water partition coefficient (Wildman–Crippen LogP) is 14.5. The number of fused-ring (bicyclic) bond motifs is 12. The Morgan fingerprint density at radius 3 is 1.20 bits per heavy atom. The van der Waals surface area contributed by atoms with Crippen molar-refractivity contribution in [3.8, 4) is 33.6 Å². The molecule has 0 amide bonds. The van der Waals surface area contributed by atoms with Gasteiger partial charge in [0.2, 0.25) is 0 Å². The van der Waals surface area contributed by atoms with Gasteiger partial charge in [-0.15, -0.1) is 0 Å². The molecular weight excluding hydrogens is 729 g/mol. The highest BCUT2D eigenvalue weighted by Crippen LogP contribution is 2.41. The maximum Gasteiger partial charge on any atom is 0.0547 e. The van der Waals surface area contributed by atoms with Crippen LogP contribution in [0.15, 0.2) is 194 Å². The third kappa shape index (κ3) is 4.61. The maximum atomic E-state index is 2.45. The average molecular weight is 767 g/mol. The molecule has 0 saturated carbocycles. The second-order valence-electron chi connectivity index (χ2n) is 16.3. The van der Waals surface area contributed by atoms with Crippen molar-refractivity contribution in [3.05, 3.63) is 194 Å². The van der Waals surface area contributed by atoms with E-state index in [0.29, 0.717) is 0 Å². The van der Waals surface area contributed by atoms with Crippen LogP contribution in [0, 0.1) is 0 Å². The molecule has 0 aliphatic heterocycles. The molecule has 0 spiro atoms. The molecular formula is C56H38N4. The van der Waals surface area contributed by atoms with Gasteiger partial charge >= 0.3 is 0 Å². The maximum absolute atomic E-state index is 2.45. The van der Waals surface area contributed by atoms with Crippen LogP contribution in [0.4, 0.5) is 0 Å². The number of aryl methyl sites for hydroxylation is 2. The van der Waals surface area contributed by atoms with Crippen LogP contribution in [0.25, 0.3) is 121 Å². The highest BCUT2D eigenvalue weighted by molar-refractivity contribution is 6.15. The Bertz CT molecular complexity index is 3910. The fourth-order valence-corrected chi connectivity index (χ4v) is 10.3. The highest BCUT2D eigenvalue weighted by Gasteiger charge is 2.18. The molecule has 13 rings (SSSR count). The first-order valence-electron chi connectivity index (χ1n) is 20.7. The van der Waals surface area contributed by atoms with E-state index in [2.05, 4.69) is 226 Å². The lowest BCUT2D eigenvalue weighted by molar-refractivity contribution is 1.01. The molecule has 0 aliphatic carbocycles. The van der Waals surface area contributed by atoms with Gasteiger partial charge in [0.05, 0.1) is 22.1 Å². The van der Waals surface area contributed by atoms with E-state index in [9.17, 15) is 0 Å². The van der Waals surface area contributed by atoms with Gasteiger partial charge in [-0.25, -0.2) is 0 Å². The molecule has 0 fully saturated rings. The summed E-state index contributed by atoms with van der Waals surface area (Å²) in [5.41, 5.74) is 16.9. The van der Waals surface area contributed by atoms with Crippen LogP contribution in [-0.4, -0.2) is 18.3 Å². The summed E-state index contributed by atoms with van der Waals surface area (Å²) >= 11 is 0. The van der Waals surface area contributed by atoms with Crippen molar-refractivity contribution >= 4 is 87.2 Å². The van der Waals surface area contributed by atoms with Gasteiger partial charge in [0.15, 0.2) is 0 Å². The lowest BCUT2D eigenvalue weighted by Gasteiger charge is -2.10. The van der Waals surface area contributed by atoms with Crippen molar-refractivity contribution in [1.29, 1.82) is 0 Å². The predicted molar refractivity (Wildman–Crippen MR) is 254 cm³/mol. The van der Waals surface area contributed by atoms with Crippen molar-refractivity contribution in [3.63, 3.8) is 0 Å². The number of aromatic nitrogens is 4. The molecule has 0 radical (unpaired) electrons. The number of hydrogen-bond donors (Lipinski definition) is 0. The number of para-hydroxylation sites is 4. The second kappa shape index (κ2) is 12.3. The standard InChI is InChI=1S/C56H38N4/c1-57-49-17-9-6-15-42(49)45-30-35(21-26-51(45)57)36-22-27-54-46(31-36)47-32-37(23-28-55(47)59(54)39-12-4-3-5-13-39)38-20-25-44-41-14-8-11-19-53(41)60(56(44)33-38)40-24-29-52-48(34-40)43-16-7-10-18-50(43)58(52)2/h3-34H,1-2H3. The minimum absolute atomic E-state index is 1.16. The fraction of sp³-hybridized carbons (Fsp3) is 0.0357. The summed E-state index contributed by atoms with van der Waals surface area (Å²) < 4.78 is 9.47. The molecule has 60 heavy (non-hydrogen) atoms. The molecule has 282 valence electrons. The first-order chi connectivity index (χ1) is 29.6. The average Bonchev–Trinajstić information content (AvgIpc) is 4.00. The van der Waals surface area contributed by atoms with E-state index in [1.165, 1.54) is 109 Å². The Balaban J connectivity index is 1.01. The van der Waals surface area contributed by atoms with E-state index in [1.54, 1.807) is 0 Å². The molecule has 13 aromatic rings. The first-order valence-corrected chi connectivity index (χ1v) is 20.7. The van der Waals surface area contributed by atoms with E-state index < -0.39 is 0 Å². The summed E-state index contributed by atoms with van der Waals surface area (Å²) in [6, 6.07) is 71.9. The third-order valence-corrected chi connectivity index (χ3v) is 13.2. The van der Waals surface area contributed by atoms with Crippen molar-refractivity contribution in [2.24, 2.45) is 14.1 Å². The van der Waals surface area contributed by atoms with Gasteiger partial charge in [-0.2, -0.15) is 0 Å². The van der Waals surface area contributed by atoms with Crippen LogP contribution in [0.2, 0.25) is 0 Å². The highest BCUT2D eigenvalue weighted by atomic mass is 15.0. The van der Waals surface area contributed by atoms with Crippen molar-refractivity contribution in [2.45, 2.75) is 0 Å². The van der Waals surface area contributed by atoms with Crippen LogP contribution >= 0.6 is 0 Å². The quantitative estimate of drug-likeness (QED) is 0.170. The van der Waals surface area contributed by atoms with E-state index in [-0.39, 0.29) is 0 Å². The largest absolute Gasteiger partial charge is 0.344 e. The molecule has 0 aliphatic rings. The Kier molecular flexibility index (Phi) is 6.83. The third-order valence-electron chi connectivity index (χ3n) is 13.2. The van der Waals surface area contributed by atoms with E-state index in [1.807, 2.05) is 0 Å². The van der Waals surface area contributed by atoms with Crippen LogP contribution in [0.5, 0.6) is 0 Å². The Morgan fingerprint density at radius 2 is 0.600 bits per heavy atom. The summed E-state index contributed by atoms with van der Waals surface area (Å²) in [7, 11) is 4.33. The number of rotatable bonds is 4. The molecule has 4 nitrogen and oxygen atoms in total. The number of benzene rings is 9. The van der Waals surface area contributed by atoms with Gasteiger partial charge in [0, 0.05) is 90.6 Å².